The zero-order valence-electron chi connectivity index (χ0n) is 15.3. The van der Waals surface area contributed by atoms with Crippen LogP contribution in [-0.4, -0.2) is 62.2 Å². The van der Waals surface area contributed by atoms with Gasteiger partial charge < -0.3 is 15.2 Å². The van der Waals surface area contributed by atoms with Crippen LogP contribution in [0.1, 0.15) is 63.0 Å². The Bertz CT molecular complexity index is 624. The molecule has 3 heterocycles. The Kier molecular flexibility index (Phi) is 4.54. The van der Waals surface area contributed by atoms with Crippen molar-refractivity contribution in [3.63, 3.8) is 0 Å². The molecule has 2 N–H and O–H groups in total. The number of hydrogen-bond donors (Lipinski definition) is 1. The van der Waals surface area contributed by atoms with Crippen LogP contribution in [0.4, 0.5) is 0 Å². The van der Waals surface area contributed by atoms with Gasteiger partial charge in [0, 0.05) is 25.6 Å². The summed E-state index contributed by atoms with van der Waals surface area (Å²) in [7, 11) is 0. The van der Waals surface area contributed by atoms with E-state index in [2.05, 4.69) is 26.6 Å². The number of hydrogen-bond acceptors (Lipinski definition) is 5. The third-order valence-corrected chi connectivity index (χ3v) is 6.10. The highest BCUT2D eigenvalue weighted by Gasteiger charge is 2.48. The number of likely N-dealkylation sites (tertiary alicyclic amines) is 2. The lowest BCUT2D eigenvalue weighted by Crippen LogP contribution is -2.48. The summed E-state index contributed by atoms with van der Waals surface area (Å²) in [5.41, 5.74) is 5.53. The Morgan fingerprint density at radius 2 is 1.84 bits per heavy atom. The highest BCUT2D eigenvalue weighted by molar-refractivity contribution is 5.89. The maximum Gasteiger partial charge on any atom is 0.242 e. The number of aromatic nitrogens is 3. The minimum atomic E-state index is -0.542. The molecule has 1 aliphatic carbocycles. The topological polar surface area (TPSA) is 80.3 Å². The molecule has 0 bridgehead atoms. The zero-order chi connectivity index (χ0) is 17.4. The van der Waals surface area contributed by atoms with E-state index in [4.69, 9.17) is 5.73 Å². The highest BCUT2D eigenvalue weighted by Crippen LogP contribution is 2.36. The number of amides is 1. The molecular formula is C18H30N6O. The first-order valence-corrected chi connectivity index (χ1v) is 9.83. The molecule has 7 heteroatoms. The molecule has 3 aliphatic rings. The van der Waals surface area contributed by atoms with Crippen LogP contribution in [0, 0.1) is 0 Å². The fraction of sp³-hybridized carbons (Fsp3) is 0.833. The fourth-order valence-electron chi connectivity index (χ4n) is 4.26. The van der Waals surface area contributed by atoms with Crippen molar-refractivity contribution >= 4 is 5.91 Å². The van der Waals surface area contributed by atoms with E-state index < -0.39 is 5.54 Å². The minimum Gasteiger partial charge on any atom is -0.341 e. The predicted molar refractivity (Wildman–Crippen MR) is 94.9 cm³/mol. The van der Waals surface area contributed by atoms with Gasteiger partial charge in [-0.25, -0.2) is 0 Å². The van der Waals surface area contributed by atoms with Crippen molar-refractivity contribution in [2.75, 3.05) is 26.2 Å². The number of nitrogens with two attached hydrogens (primary N) is 1. The Morgan fingerprint density at radius 1 is 1.16 bits per heavy atom. The number of rotatable bonds is 5. The number of carbonyl (C=O) groups excluding carboxylic acids is 1. The lowest BCUT2D eigenvalue weighted by atomic mass is 9.95. The van der Waals surface area contributed by atoms with Crippen LogP contribution in [-0.2, 0) is 17.9 Å². The van der Waals surface area contributed by atoms with Crippen molar-refractivity contribution in [3.05, 3.63) is 11.6 Å². The van der Waals surface area contributed by atoms with E-state index in [1.54, 1.807) is 0 Å². The SMILES string of the molecule is CCn1c(CN2CCCC2)nnc1C1CCN(C(=O)C2(N)CC2)CC1. The van der Waals surface area contributed by atoms with Crippen molar-refractivity contribution in [1.29, 1.82) is 0 Å². The first-order valence-electron chi connectivity index (χ1n) is 9.83. The van der Waals surface area contributed by atoms with Gasteiger partial charge in [-0.15, -0.1) is 10.2 Å². The predicted octanol–water partition coefficient (Wildman–Crippen LogP) is 1.09. The maximum absolute atomic E-state index is 12.4. The molecule has 0 spiro atoms. The average Bonchev–Trinajstić information content (AvgIpc) is 3.03. The molecule has 1 aromatic heterocycles. The number of nitrogens with zero attached hydrogens (tertiary/aromatic N) is 5. The summed E-state index contributed by atoms with van der Waals surface area (Å²) in [6, 6.07) is 0. The van der Waals surface area contributed by atoms with Gasteiger partial charge in [-0.05, 0) is 58.5 Å². The van der Waals surface area contributed by atoms with Gasteiger partial charge in [0.1, 0.15) is 11.6 Å². The standard InChI is InChI=1S/C18H30N6O/c1-2-24-15(13-22-9-3-4-10-22)20-21-16(24)14-5-11-23(12-6-14)17(25)18(19)7-8-18/h14H,2-13,19H2,1H3. The number of carbonyl (C=O) groups is 1. The van der Waals surface area contributed by atoms with E-state index >= 15 is 0 Å². The van der Waals surface area contributed by atoms with Gasteiger partial charge in [0.15, 0.2) is 0 Å². The monoisotopic (exact) mass is 346 g/mol. The molecule has 0 unspecified atom stereocenters. The van der Waals surface area contributed by atoms with Gasteiger partial charge in [0.2, 0.25) is 5.91 Å². The normalized spacial score (nSPS) is 24.0. The van der Waals surface area contributed by atoms with Gasteiger partial charge in [-0.1, -0.05) is 0 Å². The highest BCUT2D eigenvalue weighted by atomic mass is 16.2. The summed E-state index contributed by atoms with van der Waals surface area (Å²) in [4.78, 5) is 16.8. The second-order valence-corrected chi connectivity index (χ2v) is 7.92. The molecule has 25 heavy (non-hydrogen) atoms. The summed E-state index contributed by atoms with van der Waals surface area (Å²) in [5, 5.41) is 9.04. The van der Waals surface area contributed by atoms with E-state index in [1.165, 1.54) is 25.9 Å². The summed E-state index contributed by atoms with van der Waals surface area (Å²) in [5.74, 6) is 2.75. The molecule has 138 valence electrons. The smallest absolute Gasteiger partial charge is 0.242 e. The van der Waals surface area contributed by atoms with Gasteiger partial charge in [-0.2, -0.15) is 0 Å². The van der Waals surface area contributed by atoms with Crippen molar-refractivity contribution in [2.45, 2.75) is 70.0 Å². The molecule has 1 amide bonds. The van der Waals surface area contributed by atoms with Crippen LogP contribution in [0.5, 0.6) is 0 Å². The van der Waals surface area contributed by atoms with Crippen LogP contribution in [0.2, 0.25) is 0 Å². The molecule has 7 nitrogen and oxygen atoms in total. The molecule has 2 saturated heterocycles. The van der Waals surface area contributed by atoms with Crippen LogP contribution in [0.15, 0.2) is 0 Å². The zero-order valence-corrected chi connectivity index (χ0v) is 15.3. The van der Waals surface area contributed by atoms with Crippen LogP contribution in [0.25, 0.3) is 0 Å². The van der Waals surface area contributed by atoms with E-state index in [0.717, 1.165) is 63.5 Å². The van der Waals surface area contributed by atoms with E-state index in [1.807, 2.05) is 4.90 Å². The molecule has 0 atom stereocenters. The third-order valence-electron chi connectivity index (χ3n) is 6.10. The van der Waals surface area contributed by atoms with Crippen molar-refractivity contribution in [1.82, 2.24) is 24.6 Å². The maximum atomic E-state index is 12.4. The lowest BCUT2D eigenvalue weighted by molar-refractivity contribution is -0.134. The second kappa shape index (κ2) is 6.68. The summed E-state index contributed by atoms with van der Waals surface area (Å²) in [6.07, 6.45) is 6.20. The first-order chi connectivity index (χ1) is 12.1. The molecule has 1 aromatic rings. The van der Waals surface area contributed by atoms with Crippen molar-refractivity contribution in [3.8, 4) is 0 Å². The third kappa shape index (κ3) is 3.31. The molecule has 0 aromatic carbocycles. The fourth-order valence-corrected chi connectivity index (χ4v) is 4.26. The quantitative estimate of drug-likeness (QED) is 0.863. The van der Waals surface area contributed by atoms with Gasteiger partial charge in [-0.3, -0.25) is 9.69 Å². The molecule has 1 saturated carbocycles. The van der Waals surface area contributed by atoms with Crippen LogP contribution >= 0.6 is 0 Å². The van der Waals surface area contributed by atoms with Crippen LogP contribution in [0.3, 0.4) is 0 Å². The average molecular weight is 346 g/mol. The molecule has 0 radical (unpaired) electrons. The Labute approximate surface area is 149 Å². The van der Waals surface area contributed by atoms with Crippen molar-refractivity contribution < 1.29 is 4.79 Å². The number of piperidine rings is 1. The summed E-state index contributed by atoms with van der Waals surface area (Å²) in [6.45, 7) is 7.93. The summed E-state index contributed by atoms with van der Waals surface area (Å²) < 4.78 is 2.30. The second-order valence-electron chi connectivity index (χ2n) is 7.92. The molecule has 4 rings (SSSR count). The largest absolute Gasteiger partial charge is 0.341 e. The molecular weight excluding hydrogens is 316 g/mol. The Balaban J connectivity index is 1.40. The molecule has 2 aliphatic heterocycles. The Hall–Kier alpha value is -1.47. The lowest BCUT2D eigenvalue weighted by Gasteiger charge is -2.33. The molecule has 3 fully saturated rings. The summed E-state index contributed by atoms with van der Waals surface area (Å²) >= 11 is 0. The van der Waals surface area contributed by atoms with E-state index in [-0.39, 0.29) is 5.91 Å². The van der Waals surface area contributed by atoms with Gasteiger partial charge >= 0.3 is 0 Å². The van der Waals surface area contributed by atoms with Gasteiger partial charge in [0.05, 0.1) is 12.1 Å². The van der Waals surface area contributed by atoms with Crippen molar-refractivity contribution in [2.24, 2.45) is 5.73 Å². The van der Waals surface area contributed by atoms with E-state index in [0.29, 0.717) is 5.92 Å². The minimum absolute atomic E-state index is 0.151. The Morgan fingerprint density at radius 3 is 2.44 bits per heavy atom. The van der Waals surface area contributed by atoms with E-state index in [9.17, 15) is 4.79 Å². The first kappa shape index (κ1) is 17.0. The van der Waals surface area contributed by atoms with Gasteiger partial charge in [0.25, 0.3) is 0 Å². The van der Waals surface area contributed by atoms with Crippen LogP contribution < -0.4 is 5.73 Å².